The molecule has 0 aromatic rings. The van der Waals surface area contributed by atoms with Crippen molar-refractivity contribution in [2.45, 2.75) is 0 Å². The molecule has 16 nitrogen and oxygen atoms in total. The third-order valence-electron chi connectivity index (χ3n) is 3.99. The van der Waals surface area contributed by atoms with E-state index in [4.69, 9.17) is 0 Å². The summed E-state index contributed by atoms with van der Waals surface area (Å²) in [7, 11) is -12.9. The van der Waals surface area contributed by atoms with Crippen LogP contribution in [0.3, 0.4) is 0 Å². The van der Waals surface area contributed by atoms with E-state index in [9.17, 15) is 79.2 Å². The number of carboxylic acid groups (broad SMARTS) is 8. The zero-order valence-electron chi connectivity index (χ0n) is 11.2. The predicted octanol–water partition coefficient (Wildman–Crippen LogP) is 1.71. The minimum atomic E-state index is -12.9. The van der Waals surface area contributed by atoms with Gasteiger partial charge >= 0.3 is 127 Å². The van der Waals surface area contributed by atoms with Crippen LogP contribution in [-0.4, -0.2) is 80.1 Å². The summed E-state index contributed by atoms with van der Waals surface area (Å²) >= 11 is 0. The normalized spacial score (nSPS) is 17.3. The molecule has 0 amide bonds. The number of hydrogen-bond acceptors (Lipinski definition) is 8. The van der Waals surface area contributed by atoms with Gasteiger partial charge in [-0.3, -0.25) is 0 Å². The van der Waals surface area contributed by atoms with Crippen molar-refractivity contribution in [2.75, 3.05) is 0 Å². The predicted molar refractivity (Wildman–Crippen MR) is 64.2 cm³/mol. The summed E-state index contributed by atoms with van der Waals surface area (Å²) in [6.07, 6.45) is 0. The Morgan fingerprint density at radius 3 is 0.400 bits per heavy atom. The molecular weight excluding hydrogens is 411 g/mol. The van der Waals surface area contributed by atoms with Crippen molar-refractivity contribution in [3.8, 4) is 0 Å². The Morgan fingerprint density at radius 2 is 0.400 bits per heavy atom. The molecule has 145 valence electrons. The van der Waals surface area contributed by atoms with Crippen LogP contribution < -0.4 is 0 Å². The molecule has 0 unspecified atom stereocenters. The average Bonchev–Trinajstić information content (AvgIpc) is 2.38. The van der Waals surface area contributed by atoms with Crippen molar-refractivity contribution in [3.63, 3.8) is 0 Å². The number of hydrogen-bond donors (Lipinski definition) is 8. The number of carbonyl (C=O) groups is 8. The van der Waals surface area contributed by atoms with Gasteiger partial charge in [-0.15, -0.1) is 0 Å². The van der Waals surface area contributed by atoms with Crippen LogP contribution in [-0.2, 0) is 8.45 Å². The van der Waals surface area contributed by atoms with E-state index in [-0.39, 0.29) is 0 Å². The van der Waals surface area contributed by atoms with E-state index in [2.05, 4.69) is 0 Å². The van der Waals surface area contributed by atoms with Gasteiger partial charge in [-0.1, -0.05) is 0 Å². The molecule has 0 radical (unpaired) electrons. The quantitative estimate of drug-likeness (QED) is 0.277. The van der Waals surface area contributed by atoms with E-state index in [0.717, 1.165) is 0 Å². The van der Waals surface area contributed by atoms with Crippen LogP contribution in [0.25, 0.3) is 0 Å². The molecule has 0 fully saturated rings. The van der Waals surface area contributed by atoms with Crippen LogP contribution in [0.2, 0.25) is 0 Å². The van der Waals surface area contributed by atoms with Crippen molar-refractivity contribution in [3.05, 3.63) is 0 Å². The van der Waals surface area contributed by atoms with Crippen LogP contribution in [0.15, 0.2) is 0 Å². The second-order valence-electron chi connectivity index (χ2n) is 4.20. The average molecular weight is 419 g/mol. The van der Waals surface area contributed by atoms with E-state index >= 15 is 0 Å². The standard InChI is InChI=1S/8CHO2.Co/c8*2-1-3;/h8*(H,2,3);. The Labute approximate surface area is 127 Å². The zero-order valence-corrected chi connectivity index (χ0v) is 12.2. The Morgan fingerprint density at radius 1 is 0.320 bits per heavy atom. The molecule has 25 heavy (non-hydrogen) atoms. The molecule has 0 atom stereocenters. The van der Waals surface area contributed by atoms with Crippen molar-refractivity contribution < 1.29 is 87.7 Å². The second-order valence-corrected chi connectivity index (χ2v) is 15.1. The molecule has 0 spiro atoms. The summed E-state index contributed by atoms with van der Waals surface area (Å²) in [4.78, 5) is 57.0. The fourth-order valence-corrected chi connectivity index (χ4v) is 7.04. The summed E-state index contributed by atoms with van der Waals surface area (Å²) in [6, 6.07) is 0. The van der Waals surface area contributed by atoms with Crippen LogP contribution in [0.5, 0.6) is 0 Å². The van der Waals surface area contributed by atoms with Crippen LogP contribution in [0, 0.1) is 0 Å². The first-order chi connectivity index (χ1) is 10.9. The topological polar surface area (TPSA) is 298 Å². The molecule has 0 aromatic heterocycles. The van der Waals surface area contributed by atoms with Crippen molar-refractivity contribution >= 4 is 39.2 Å². The second kappa shape index (κ2) is 3.23. The van der Waals surface area contributed by atoms with Gasteiger partial charge in [-0.2, -0.15) is 0 Å². The molecule has 0 bridgehead atoms. The first kappa shape index (κ1) is 21.3. The molecule has 17 heteroatoms. The van der Waals surface area contributed by atoms with E-state index < -0.39 is 47.7 Å². The van der Waals surface area contributed by atoms with Gasteiger partial charge in [-0.25, -0.2) is 0 Å². The van der Waals surface area contributed by atoms with Gasteiger partial charge in [0.25, 0.3) is 0 Å². The van der Waals surface area contributed by atoms with Crippen LogP contribution >= 0.6 is 0 Å². The molecule has 0 aliphatic carbocycles. The number of rotatable bonds is 8. The van der Waals surface area contributed by atoms with Crippen molar-refractivity contribution in [2.24, 2.45) is 0 Å². The maximum atomic E-state index is 11.8. The molecule has 0 rings (SSSR count). The van der Waals surface area contributed by atoms with Crippen LogP contribution in [0.4, 0.5) is 38.4 Å². The van der Waals surface area contributed by atoms with Gasteiger partial charge in [-0.05, 0) is 0 Å². The monoisotopic (exact) mass is 419 g/mol. The van der Waals surface area contributed by atoms with Crippen molar-refractivity contribution in [1.29, 1.82) is 0 Å². The first-order valence-electron chi connectivity index (χ1n) is 4.76. The Balaban J connectivity index is 10.4. The maximum absolute atomic E-state index is 12.9. The van der Waals surface area contributed by atoms with E-state index in [1.165, 1.54) is 0 Å². The molecule has 0 aliphatic heterocycles. The molecule has 8 N–H and O–H groups in total. The zero-order chi connectivity index (χ0) is 21.0. The van der Waals surface area contributed by atoms with Crippen molar-refractivity contribution in [1.82, 2.24) is 0 Å². The SMILES string of the molecule is O=[C](O)[Co]([C](=O)O)([C](=O)O)([C](=O)O)([C](=O)O)([C](=O)O)([C](=O)O)[C](=O)O. The fourth-order valence-electron chi connectivity index (χ4n) is 1.71. The Hall–Kier alpha value is -3.73. The Kier molecular flexibility index (Phi) is 2.75. The van der Waals surface area contributed by atoms with Gasteiger partial charge in [0.2, 0.25) is 0 Å². The van der Waals surface area contributed by atoms with E-state index in [1.807, 2.05) is 0 Å². The Bertz CT molecular complexity index is 667. The summed E-state index contributed by atoms with van der Waals surface area (Å²) < 4.78 is 0. The van der Waals surface area contributed by atoms with Gasteiger partial charge < -0.3 is 0 Å². The fraction of sp³-hybridized carbons (Fsp3) is 0. The third kappa shape index (κ3) is 0.577. The van der Waals surface area contributed by atoms with Gasteiger partial charge in [0.15, 0.2) is 0 Å². The molecule has 0 aromatic carbocycles. The minimum absolute atomic E-state index is 4.66. The molecular formula is C8H8CoO16. The van der Waals surface area contributed by atoms with E-state index in [0.29, 0.717) is 0 Å². The van der Waals surface area contributed by atoms with Gasteiger partial charge in [0.1, 0.15) is 0 Å². The summed E-state index contributed by atoms with van der Waals surface area (Å²) in [5, 5.41) is 73.7. The molecule has 0 heterocycles. The van der Waals surface area contributed by atoms with Gasteiger partial charge in [0, 0.05) is 0 Å². The molecule has 0 saturated heterocycles. The third-order valence-corrected chi connectivity index (χ3v) is 16.5. The molecule has 0 aliphatic rings. The molecule has 0 saturated carbocycles. The summed E-state index contributed by atoms with van der Waals surface area (Å²) in [5.74, 6) is 0. The van der Waals surface area contributed by atoms with E-state index in [1.54, 1.807) is 0 Å². The van der Waals surface area contributed by atoms with Gasteiger partial charge in [0.05, 0.1) is 0 Å². The van der Waals surface area contributed by atoms with Crippen LogP contribution in [0.1, 0.15) is 0 Å². The summed E-state index contributed by atoms with van der Waals surface area (Å²) in [6.45, 7) is 0. The summed E-state index contributed by atoms with van der Waals surface area (Å²) in [5.41, 5.74) is 0. The first-order valence-corrected chi connectivity index (χ1v) is 8.92.